The molecule has 0 bridgehead atoms. The molecule has 3 atom stereocenters. The first-order chi connectivity index (χ1) is 33.1. The Kier molecular flexibility index (Phi) is 21.7. The van der Waals surface area contributed by atoms with Gasteiger partial charge in [-0.05, 0) is 95.7 Å². The number of hydrogen-bond donors (Lipinski definition) is 3. The number of carbonyl (C=O) groups excluding carboxylic acids is 6. The van der Waals surface area contributed by atoms with Crippen LogP contribution in [0.25, 0.3) is 11.1 Å². The third kappa shape index (κ3) is 22.0. The molecule has 72 heavy (non-hydrogen) atoms. The number of amides is 4. The summed E-state index contributed by atoms with van der Waals surface area (Å²) in [5.41, 5.74) is -1.06. The predicted molar refractivity (Wildman–Crippen MR) is 272 cm³/mol. The van der Waals surface area contributed by atoms with Gasteiger partial charge in [0.1, 0.15) is 41.5 Å². The molecule has 3 aromatic rings. The van der Waals surface area contributed by atoms with Crippen molar-refractivity contribution in [3.63, 3.8) is 0 Å². The van der Waals surface area contributed by atoms with Crippen molar-refractivity contribution in [3.05, 3.63) is 83.7 Å². The van der Waals surface area contributed by atoms with E-state index in [4.69, 9.17) is 18.4 Å². The average Bonchev–Trinajstić information content (AvgIpc) is 3.62. The Bertz CT molecular complexity index is 2460. The maximum absolute atomic E-state index is 15.4. The summed E-state index contributed by atoms with van der Waals surface area (Å²) >= 11 is 0. The van der Waals surface area contributed by atoms with Gasteiger partial charge in [-0.3, -0.25) is 23.4 Å². The standard InChI is InChI=1S/C51H75F2N5O12SSi/c1-49(2,3)45(41-29-35(37-30-36(52)19-20-38(37)53)32-57(41)31-34-17-15-14-16-18-34)58(43(60)33-68-71(10,65)66)26-24-39(56-48(64)67-27-28-72(11,12)13)46(62)54-25-23-42(59)55-40(47(63)70-51(7,8)9)21-22-44(61)69-50(4,5)6/h14-20,29-30,32,39-40,45H,21-28,31,33H2,1-13H3,(H,54,62)(H,55,59)(H,56,64)/t39-,40+,45-/m0/s1. The highest BCUT2D eigenvalue weighted by Gasteiger charge is 2.39. The molecule has 1 aromatic heterocycles. The highest BCUT2D eigenvalue weighted by Crippen LogP contribution is 2.41. The second-order valence-corrected chi connectivity index (χ2v) is 29.2. The summed E-state index contributed by atoms with van der Waals surface area (Å²) in [6.07, 6.45) is 0.521. The predicted octanol–water partition coefficient (Wildman–Crippen LogP) is 7.65. The van der Waals surface area contributed by atoms with E-state index in [2.05, 4.69) is 35.6 Å². The largest absolute Gasteiger partial charge is 0.460 e. The summed E-state index contributed by atoms with van der Waals surface area (Å²) < 4.78 is 77.7. The van der Waals surface area contributed by atoms with Gasteiger partial charge in [0.2, 0.25) is 11.8 Å². The molecule has 3 rings (SSSR count). The van der Waals surface area contributed by atoms with Crippen LogP contribution in [-0.4, -0.2) is 118 Å². The van der Waals surface area contributed by atoms with Gasteiger partial charge in [0.05, 0.1) is 18.9 Å². The number of esters is 2. The van der Waals surface area contributed by atoms with Gasteiger partial charge in [0, 0.05) is 63.6 Å². The lowest BCUT2D eigenvalue weighted by molar-refractivity contribution is -0.160. The molecular formula is C51H75F2N5O12SSi. The van der Waals surface area contributed by atoms with Crippen molar-refractivity contribution < 1.29 is 64.4 Å². The molecule has 21 heteroatoms. The fourth-order valence-corrected chi connectivity index (χ4v) is 8.42. The molecular weight excluding hydrogens is 973 g/mol. The highest BCUT2D eigenvalue weighted by atomic mass is 32.2. The highest BCUT2D eigenvalue weighted by molar-refractivity contribution is 7.86. The van der Waals surface area contributed by atoms with E-state index >= 15 is 4.39 Å². The van der Waals surface area contributed by atoms with E-state index in [1.807, 2.05) is 51.1 Å². The van der Waals surface area contributed by atoms with Crippen LogP contribution in [0.15, 0.2) is 60.8 Å². The van der Waals surface area contributed by atoms with Crippen LogP contribution >= 0.6 is 0 Å². The van der Waals surface area contributed by atoms with Gasteiger partial charge in [0.15, 0.2) is 0 Å². The summed E-state index contributed by atoms with van der Waals surface area (Å²) in [7, 11) is -5.81. The molecule has 3 N–H and O–H groups in total. The van der Waals surface area contributed by atoms with Crippen LogP contribution < -0.4 is 16.0 Å². The Balaban J connectivity index is 2.03. The Morgan fingerprint density at radius 2 is 1.44 bits per heavy atom. The van der Waals surface area contributed by atoms with Crippen LogP contribution in [0, 0.1) is 17.0 Å². The number of aromatic nitrogens is 1. The number of nitrogens with one attached hydrogen (secondary N) is 3. The molecule has 4 amide bonds. The van der Waals surface area contributed by atoms with Crippen molar-refractivity contribution in [3.8, 4) is 11.1 Å². The smallest absolute Gasteiger partial charge is 0.407 e. The van der Waals surface area contributed by atoms with Crippen LogP contribution in [0.2, 0.25) is 25.7 Å². The van der Waals surface area contributed by atoms with Gasteiger partial charge in [-0.25, -0.2) is 18.4 Å². The van der Waals surface area contributed by atoms with Crippen molar-refractivity contribution >= 4 is 53.9 Å². The van der Waals surface area contributed by atoms with E-state index in [0.717, 1.165) is 30.0 Å². The number of nitrogens with zero attached hydrogens (tertiary/aromatic N) is 2. The summed E-state index contributed by atoms with van der Waals surface area (Å²) in [6, 6.07) is 11.0. The summed E-state index contributed by atoms with van der Waals surface area (Å²) in [4.78, 5) is 82.2. The second-order valence-electron chi connectivity index (χ2n) is 22.0. The molecule has 2 aromatic carbocycles. The maximum atomic E-state index is 15.4. The minimum absolute atomic E-state index is 0.0441. The van der Waals surface area contributed by atoms with Gasteiger partial charge in [-0.15, -0.1) is 0 Å². The van der Waals surface area contributed by atoms with E-state index < -0.39 is 107 Å². The molecule has 0 radical (unpaired) electrons. The molecule has 0 fully saturated rings. The van der Waals surface area contributed by atoms with Crippen molar-refractivity contribution in [2.45, 2.75) is 150 Å². The van der Waals surface area contributed by atoms with Crippen molar-refractivity contribution in [1.82, 2.24) is 25.4 Å². The maximum Gasteiger partial charge on any atom is 0.407 e. The Morgan fingerprint density at radius 3 is 2.03 bits per heavy atom. The lowest BCUT2D eigenvalue weighted by Crippen LogP contribution is -2.51. The molecule has 1 heterocycles. The average molecular weight is 1050 g/mol. The number of halogens is 2. The zero-order valence-electron chi connectivity index (χ0n) is 44.0. The number of ether oxygens (including phenoxy) is 3. The van der Waals surface area contributed by atoms with Crippen LogP contribution in [0.4, 0.5) is 13.6 Å². The molecule has 0 saturated carbocycles. The first kappa shape index (κ1) is 60.6. The zero-order chi connectivity index (χ0) is 54.4. The van der Waals surface area contributed by atoms with Gasteiger partial charge in [0.25, 0.3) is 16.0 Å². The van der Waals surface area contributed by atoms with E-state index in [9.17, 15) is 41.6 Å². The lowest BCUT2D eigenvalue weighted by Gasteiger charge is -2.41. The molecule has 0 aliphatic carbocycles. The molecule has 0 unspecified atom stereocenters. The summed E-state index contributed by atoms with van der Waals surface area (Å²) in [6.45, 7) is 20.5. The van der Waals surface area contributed by atoms with Crippen LogP contribution in [0.5, 0.6) is 0 Å². The van der Waals surface area contributed by atoms with E-state index in [1.165, 1.54) is 4.90 Å². The molecule has 400 valence electrons. The number of benzene rings is 2. The van der Waals surface area contributed by atoms with Gasteiger partial charge in [-0.2, -0.15) is 8.42 Å². The Labute approximate surface area is 424 Å². The molecule has 17 nitrogen and oxygen atoms in total. The molecule has 0 aliphatic rings. The summed E-state index contributed by atoms with van der Waals surface area (Å²) in [5, 5.41) is 7.82. The SMILES string of the molecule is CC(C)(C)OC(=O)CC[C@@H](NC(=O)CCNC(=O)[C@H](CCN(C(=O)COS(C)(=O)=O)[C@@H](c1cc(-c2cc(F)ccc2F)cn1Cc1ccccc1)C(C)(C)C)NC(=O)OCC[Si](C)(C)C)C(=O)OC(C)(C)C. The first-order valence-electron chi connectivity index (χ1n) is 23.9. The molecule has 0 saturated heterocycles. The Morgan fingerprint density at radius 1 is 0.806 bits per heavy atom. The molecule has 0 aliphatic heterocycles. The monoisotopic (exact) mass is 1050 g/mol. The minimum atomic E-state index is -4.14. The van der Waals surface area contributed by atoms with E-state index in [1.54, 1.807) is 58.4 Å². The van der Waals surface area contributed by atoms with Crippen LogP contribution in [0.1, 0.15) is 105 Å². The third-order valence-electron chi connectivity index (χ3n) is 10.6. The van der Waals surface area contributed by atoms with Gasteiger partial charge >= 0.3 is 18.0 Å². The first-order valence-corrected chi connectivity index (χ1v) is 29.4. The number of hydrogen-bond acceptors (Lipinski definition) is 12. The Hall–Kier alpha value is -5.67. The topological polar surface area (TPSA) is 218 Å². The van der Waals surface area contributed by atoms with Crippen molar-refractivity contribution in [2.24, 2.45) is 5.41 Å². The van der Waals surface area contributed by atoms with E-state index in [0.29, 0.717) is 11.7 Å². The second kappa shape index (κ2) is 25.8. The third-order valence-corrected chi connectivity index (χ3v) is 12.8. The fraction of sp³-hybridized carbons (Fsp3) is 0.569. The normalized spacial score (nSPS) is 13.5. The lowest BCUT2D eigenvalue weighted by atomic mass is 9.82. The fourth-order valence-electron chi connectivity index (χ4n) is 7.39. The van der Waals surface area contributed by atoms with Crippen LogP contribution in [0.3, 0.4) is 0 Å². The zero-order valence-corrected chi connectivity index (χ0v) is 45.9. The number of rotatable bonds is 24. The van der Waals surface area contributed by atoms with E-state index in [-0.39, 0.29) is 63.1 Å². The summed E-state index contributed by atoms with van der Waals surface area (Å²) in [5.74, 6) is -5.00. The minimum Gasteiger partial charge on any atom is -0.460 e. The van der Waals surface area contributed by atoms with Crippen LogP contribution in [-0.2, 0) is 59.0 Å². The number of carbonyl (C=O) groups is 6. The van der Waals surface area contributed by atoms with Crippen molar-refractivity contribution in [1.29, 1.82) is 0 Å². The number of alkyl carbamates (subject to hydrolysis) is 1. The van der Waals surface area contributed by atoms with Gasteiger partial charge in [-0.1, -0.05) is 70.7 Å². The molecule has 0 spiro atoms. The van der Waals surface area contributed by atoms with Crippen molar-refractivity contribution in [2.75, 3.05) is 32.6 Å². The quantitative estimate of drug-likeness (QED) is 0.0341. The van der Waals surface area contributed by atoms with Gasteiger partial charge < -0.3 is 39.6 Å².